The second-order valence-electron chi connectivity index (χ2n) is 4.58. The molecule has 0 amide bonds. The molecule has 0 unspecified atom stereocenters. The van der Waals surface area contributed by atoms with Crippen molar-refractivity contribution in [1.29, 1.82) is 0 Å². The smallest absolute Gasteiger partial charge is 0.155 e. The van der Waals surface area contributed by atoms with Gasteiger partial charge in [0.25, 0.3) is 0 Å². The summed E-state index contributed by atoms with van der Waals surface area (Å²) in [6.07, 6.45) is 6.89. The first kappa shape index (κ1) is 15.0. The van der Waals surface area contributed by atoms with Gasteiger partial charge in [0, 0.05) is 11.4 Å². The Bertz CT molecular complexity index is 421. The molecule has 0 bridgehead atoms. The van der Waals surface area contributed by atoms with Gasteiger partial charge in [-0.25, -0.2) is 0 Å². The maximum absolute atomic E-state index is 11.8. The summed E-state index contributed by atoms with van der Waals surface area (Å²) >= 11 is 6.10. The van der Waals surface area contributed by atoms with E-state index in [1.54, 1.807) is 6.08 Å². The Morgan fingerprint density at radius 2 is 1.94 bits per heavy atom. The summed E-state index contributed by atoms with van der Waals surface area (Å²) in [7, 11) is 0. The number of unbranched alkanes of at least 4 members (excludes halogenated alkanes) is 3. The van der Waals surface area contributed by atoms with Crippen LogP contribution >= 0.6 is 11.6 Å². The number of benzene rings is 1. The Hall–Kier alpha value is -1.08. The van der Waals surface area contributed by atoms with Gasteiger partial charge in [-0.05, 0) is 36.6 Å². The number of rotatable bonds is 7. The van der Waals surface area contributed by atoms with Crippen molar-refractivity contribution in [3.8, 4) is 0 Å². The van der Waals surface area contributed by atoms with Crippen molar-refractivity contribution < 1.29 is 4.79 Å². The molecule has 18 heavy (non-hydrogen) atoms. The fraction of sp³-hybridized carbons (Fsp3) is 0.438. The van der Waals surface area contributed by atoms with E-state index < -0.39 is 0 Å². The average molecular weight is 265 g/mol. The van der Waals surface area contributed by atoms with Crippen LogP contribution in [0.15, 0.2) is 30.3 Å². The lowest BCUT2D eigenvalue weighted by atomic mass is 10.0. The minimum Gasteiger partial charge on any atom is -0.295 e. The molecule has 0 aliphatic carbocycles. The summed E-state index contributed by atoms with van der Waals surface area (Å²) < 4.78 is 0. The molecule has 0 spiro atoms. The second-order valence-corrected chi connectivity index (χ2v) is 4.99. The zero-order valence-electron chi connectivity index (χ0n) is 11.2. The zero-order valence-corrected chi connectivity index (χ0v) is 12.0. The maximum atomic E-state index is 11.8. The van der Waals surface area contributed by atoms with Crippen LogP contribution in [0.1, 0.15) is 51.5 Å². The Balaban J connectivity index is 2.55. The van der Waals surface area contributed by atoms with Crippen LogP contribution in [-0.2, 0) is 4.79 Å². The Morgan fingerprint density at radius 3 is 2.61 bits per heavy atom. The molecule has 0 N–H and O–H groups in total. The minimum absolute atomic E-state index is 0.198. The van der Waals surface area contributed by atoms with Crippen LogP contribution < -0.4 is 0 Å². The van der Waals surface area contributed by atoms with Crippen LogP contribution in [0, 0.1) is 0 Å². The first-order valence-corrected chi connectivity index (χ1v) is 6.99. The van der Waals surface area contributed by atoms with E-state index in [9.17, 15) is 4.79 Å². The molecule has 0 saturated carbocycles. The summed E-state index contributed by atoms with van der Waals surface area (Å²) in [6, 6.07) is 7.62. The third-order valence-electron chi connectivity index (χ3n) is 2.95. The predicted molar refractivity (Wildman–Crippen MR) is 78.9 cm³/mol. The first-order chi connectivity index (χ1) is 8.65. The molecule has 1 nitrogen and oxygen atoms in total. The van der Waals surface area contributed by atoms with Crippen LogP contribution in [0.25, 0.3) is 5.57 Å². The summed E-state index contributed by atoms with van der Waals surface area (Å²) in [6.45, 7) is 4.11. The van der Waals surface area contributed by atoms with E-state index in [1.165, 1.54) is 12.8 Å². The number of carbonyl (C=O) groups excluding carboxylic acids is 1. The molecule has 0 saturated heterocycles. The molecule has 2 heteroatoms. The van der Waals surface area contributed by atoms with Crippen molar-refractivity contribution in [2.24, 2.45) is 0 Å². The average Bonchev–Trinajstić information content (AvgIpc) is 2.35. The highest BCUT2D eigenvalue weighted by Gasteiger charge is 2.04. The molecule has 1 aromatic rings. The van der Waals surface area contributed by atoms with Crippen LogP contribution in [0.4, 0.5) is 0 Å². The predicted octanol–water partition coefficient (Wildman–Crippen LogP) is 5.28. The fourth-order valence-electron chi connectivity index (χ4n) is 1.90. The highest BCUT2D eigenvalue weighted by Crippen LogP contribution is 2.23. The summed E-state index contributed by atoms with van der Waals surface area (Å²) in [4.78, 5) is 11.8. The lowest BCUT2D eigenvalue weighted by Gasteiger charge is -2.04. The molecule has 0 atom stereocenters. The van der Waals surface area contributed by atoms with Gasteiger partial charge in [0.05, 0.1) is 0 Å². The van der Waals surface area contributed by atoms with Gasteiger partial charge in [0.2, 0.25) is 0 Å². The van der Waals surface area contributed by atoms with Crippen LogP contribution in [-0.4, -0.2) is 5.78 Å². The largest absolute Gasteiger partial charge is 0.295 e. The molecule has 0 aliphatic heterocycles. The number of hydrogen-bond acceptors (Lipinski definition) is 1. The summed E-state index contributed by atoms with van der Waals surface area (Å²) in [5, 5.41) is 0.699. The van der Waals surface area contributed by atoms with Crippen molar-refractivity contribution in [3.05, 3.63) is 40.9 Å². The highest BCUT2D eigenvalue weighted by molar-refractivity contribution is 6.32. The molecule has 98 valence electrons. The number of allylic oxidation sites excluding steroid dienone is 2. The SMILES string of the molecule is CCCCCCC(=O)/C=C(/C)c1ccccc1Cl. The molecule has 1 rings (SSSR count). The normalized spacial score (nSPS) is 11.6. The van der Waals surface area contributed by atoms with Gasteiger partial charge in [-0.2, -0.15) is 0 Å². The van der Waals surface area contributed by atoms with Crippen molar-refractivity contribution >= 4 is 23.0 Å². The fourth-order valence-corrected chi connectivity index (χ4v) is 2.18. The van der Waals surface area contributed by atoms with Crippen molar-refractivity contribution in [1.82, 2.24) is 0 Å². The van der Waals surface area contributed by atoms with E-state index >= 15 is 0 Å². The highest BCUT2D eigenvalue weighted by atomic mass is 35.5. The molecular formula is C16H21ClO. The van der Waals surface area contributed by atoms with Crippen molar-refractivity contribution in [2.75, 3.05) is 0 Å². The first-order valence-electron chi connectivity index (χ1n) is 6.61. The van der Waals surface area contributed by atoms with E-state index in [4.69, 9.17) is 11.6 Å². The monoisotopic (exact) mass is 264 g/mol. The molecule has 1 aromatic carbocycles. The third-order valence-corrected chi connectivity index (χ3v) is 3.28. The van der Waals surface area contributed by atoms with Gasteiger partial charge in [-0.1, -0.05) is 56.0 Å². The Kier molecular flexibility index (Phi) is 6.74. The van der Waals surface area contributed by atoms with Gasteiger partial charge < -0.3 is 0 Å². The van der Waals surface area contributed by atoms with Crippen molar-refractivity contribution in [3.63, 3.8) is 0 Å². The van der Waals surface area contributed by atoms with E-state index in [0.717, 1.165) is 24.0 Å². The molecule has 0 aliphatic rings. The lowest BCUT2D eigenvalue weighted by molar-refractivity contribution is -0.114. The summed E-state index contributed by atoms with van der Waals surface area (Å²) in [5.74, 6) is 0.198. The Labute approximate surface area is 115 Å². The lowest BCUT2D eigenvalue weighted by Crippen LogP contribution is -1.94. The molecular weight excluding hydrogens is 244 g/mol. The standard InChI is InChI=1S/C16H21ClO/c1-3-4-5-6-9-14(18)12-13(2)15-10-7-8-11-16(15)17/h7-8,10-12H,3-6,9H2,1-2H3/b13-12-. The number of halogens is 1. The topological polar surface area (TPSA) is 17.1 Å². The third kappa shape index (κ3) is 5.05. The van der Waals surface area contributed by atoms with Crippen LogP contribution in [0.2, 0.25) is 5.02 Å². The van der Waals surface area contributed by atoms with Gasteiger partial charge in [-0.3, -0.25) is 4.79 Å². The van der Waals surface area contributed by atoms with Gasteiger partial charge in [-0.15, -0.1) is 0 Å². The van der Waals surface area contributed by atoms with Crippen molar-refractivity contribution in [2.45, 2.75) is 46.0 Å². The van der Waals surface area contributed by atoms with E-state index in [2.05, 4.69) is 6.92 Å². The quantitative estimate of drug-likeness (QED) is 0.483. The molecule has 0 heterocycles. The number of hydrogen-bond donors (Lipinski definition) is 0. The van der Waals surface area contributed by atoms with E-state index in [0.29, 0.717) is 11.4 Å². The minimum atomic E-state index is 0.198. The van der Waals surface area contributed by atoms with Crippen LogP contribution in [0.5, 0.6) is 0 Å². The van der Waals surface area contributed by atoms with Gasteiger partial charge >= 0.3 is 0 Å². The molecule has 0 aromatic heterocycles. The second kappa shape index (κ2) is 8.10. The van der Waals surface area contributed by atoms with E-state index in [1.807, 2.05) is 31.2 Å². The Morgan fingerprint density at radius 1 is 1.22 bits per heavy atom. The number of ketones is 1. The van der Waals surface area contributed by atoms with Gasteiger partial charge in [0.15, 0.2) is 5.78 Å². The molecule has 0 fully saturated rings. The van der Waals surface area contributed by atoms with Gasteiger partial charge in [0.1, 0.15) is 0 Å². The zero-order chi connectivity index (χ0) is 13.4. The van der Waals surface area contributed by atoms with E-state index in [-0.39, 0.29) is 5.78 Å². The number of carbonyl (C=O) groups is 1. The maximum Gasteiger partial charge on any atom is 0.155 e. The van der Waals surface area contributed by atoms with Crippen LogP contribution in [0.3, 0.4) is 0 Å². The molecule has 0 radical (unpaired) electrons. The summed E-state index contributed by atoms with van der Waals surface area (Å²) in [5.41, 5.74) is 1.89.